The van der Waals surface area contributed by atoms with Crippen molar-refractivity contribution >= 4 is 18.4 Å². The summed E-state index contributed by atoms with van der Waals surface area (Å²) in [6.07, 6.45) is 6.69. The second kappa shape index (κ2) is 8.08. The number of hydrogen-bond acceptors (Lipinski definition) is 6. The highest BCUT2D eigenvalue weighted by Crippen LogP contribution is 2.27. The molecule has 0 aliphatic heterocycles. The van der Waals surface area contributed by atoms with Crippen LogP contribution in [0.1, 0.15) is 18.2 Å². The maximum absolute atomic E-state index is 12.0. The Bertz CT molecular complexity index is 909. The molecule has 24 heavy (non-hydrogen) atoms. The van der Waals surface area contributed by atoms with Gasteiger partial charge in [-0.25, -0.2) is 0 Å². The van der Waals surface area contributed by atoms with Crippen molar-refractivity contribution in [1.29, 1.82) is 0 Å². The second-order valence-corrected chi connectivity index (χ2v) is 4.99. The van der Waals surface area contributed by atoms with E-state index in [1.54, 1.807) is 25.1 Å². The Morgan fingerprint density at radius 1 is 1.46 bits per heavy atom. The van der Waals surface area contributed by atoms with Crippen molar-refractivity contribution < 1.29 is 9.47 Å². The summed E-state index contributed by atoms with van der Waals surface area (Å²) in [6.45, 7) is 4.06. The fourth-order valence-corrected chi connectivity index (χ4v) is 1.99. The Kier molecular flexibility index (Phi) is 5.87. The average Bonchev–Trinajstić information content (AvgIpc) is 2.58. The van der Waals surface area contributed by atoms with Gasteiger partial charge in [0, 0.05) is 0 Å². The van der Waals surface area contributed by atoms with Crippen molar-refractivity contribution in [2.45, 2.75) is 13.8 Å². The van der Waals surface area contributed by atoms with Gasteiger partial charge in [0.1, 0.15) is 12.3 Å². The number of rotatable bonds is 6. The van der Waals surface area contributed by atoms with E-state index < -0.39 is 0 Å². The first-order valence-electron chi connectivity index (χ1n) is 7.12. The molecule has 0 fully saturated rings. The van der Waals surface area contributed by atoms with E-state index >= 15 is 0 Å². The fourth-order valence-electron chi connectivity index (χ4n) is 1.81. The number of H-pyrrole nitrogens is 1. The molecular formula is C16H16N4O3S. The molecule has 0 amide bonds. The van der Waals surface area contributed by atoms with Gasteiger partial charge in [0.05, 0.1) is 12.8 Å². The number of nitrogens with one attached hydrogen (secondary N) is 1. The number of aromatic amines is 1. The monoisotopic (exact) mass is 344 g/mol. The normalized spacial score (nSPS) is 10.5. The maximum atomic E-state index is 12.0. The Hall–Kier alpha value is -2.92. The summed E-state index contributed by atoms with van der Waals surface area (Å²) >= 11 is 5.02. The molecule has 1 heterocycles. The van der Waals surface area contributed by atoms with Gasteiger partial charge in [0.15, 0.2) is 11.5 Å². The lowest BCUT2D eigenvalue weighted by Gasteiger charge is -2.10. The lowest BCUT2D eigenvalue weighted by Crippen LogP contribution is -2.22. The molecule has 7 nitrogen and oxygen atoms in total. The highest BCUT2D eigenvalue weighted by atomic mass is 32.1. The summed E-state index contributed by atoms with van der Waals surface area (Å²) in [6, 6.07) is 5.24. The number of aromatic nitrogens is 3. The Labute approximate surface area is 143 Å². The molecule has 1 aromatic heterocycles. The zero-order chi connectivity index (χ0) is 17.5. The molecular weight excluding hydrogens is 328 g/mol. The predicted octanol–water partition coefficient (Wildman–Crippen LogP) is 1.90. The summed E-state index contributed by atoms with van der Waals surface area (Å²) in [5.41, 5.74) is 0.602. The van der Waals surface area contributed by atoms with Crippen LogP contribution >= 0.6 is 12.2 Å². The third-order valence-electron chi connectivity index (χ3n) is 2.91. The van der Waals surface area contributed by atoms with E-state index in [0.717, 1.165) is 4.68 Å². The number of nitrogens with zero attached hydrogens (tertiary/aromatic N) is 3. The quantitative estimate of drug-likeness (QED) is 0.492. The minimum Gasteiger partial charge on any atom is -0.490 e. The number of hydrogen-bond donors (Lipinski definition) is 1. The third kappa shape index (κ3) is 4.08. The summed E-state index contributed by atoms with van der Waals surface area (Å²) < 4.78 is 12.1. The topological polar surface area (TPSA) is 81.5 Å². The molecule has 0 atom stereocenters. The summed E-state index contributed by atoms with van der Waals surface area (Å²) in [7, 11) is 0. The second-order valence-electron chi connectivity index (χ2n) is 4.61. The summed E-state index contributed by atoms with van der Waals surface area (Å²) in [5, 5.41) is 10.4. The highest BCUT2D eigenvalue weighted by Gasteiger charge is 2.06. The van der Waals surface area contributed by atoms with Gasteiger partial charge in [-0.1, -0.05) is 5.92 Å². The molecule has 0 saturated heterocycles. The molecule has 2 aromatic rings. The number of aryl methyl sites for hydroxylation is 1. The van der Waals surface area contributed by atoms with Crippen LogP contribution in [0, 0.1) is 24.0 Å². The van der Waals surface area contributed by atoms with E-state index in [4.69, 9.17) is 28.1 Å². The molecule has 0 bridgehead atoms. The van der Waals surface area contributed by atoms with Gasteiger partial charge < -0.3 is 9.47 Å². The van der Waals surface area contributed by atoms with Crippen LogP contribution in [0.3, 0.4) is 0 Å². The minimum atomic E-state index is -0.381. The van der Waals surface area contributed by atoms with E-state index in [1.807, 2.05) is 6.92 Å². The van der Waals surface area contributed by atoms with Crippen LogP contribution in [0.25, 0.3) is 0 Å². The molecule has 0 radical (unpaired) electrons. The van der Waals surface area contributed by atoms with E-state index in [2.05, 4.69) is 21.2 Å². The Morgan fingerprint density at radius 2 is 2.25 bits per heavy atom. The van der Waals surface area contributed by atoms with Crippen LogP contribution in [0.5, 0.6) is 11.5 Å². The van der Waals surface area contributed by atoms with Crippen molar-refractivity contribution in [3.63, 3.8) is 0 Å². The van der Waals surface area contributed by atoms with E-state index in [9.17, 15) is 4.79 Å². The first-order chi connectivity index (χ1) is 11.6. The molecule has 0 spiro atoms. The van der Waals surface area contributed by atoms with E-state index in [1.165, 1.54) is 6.21 Å². The van der Waals surface area contributed by atoms with Crippen molar-refractivity contribution in [3.8, 4) is 23.8 Å². The molecule has 0 aliphatic rings. The van der Waals surface area contributed by atoms with Gasteiger partial charge in [0.25, 0.3) is 5.56 Å². The zero-order valence-corrected chi connectivity index (χ0v) is 14.1. The van der Waals surface area contributed by atoms with Gasteiger partial charge in [0.2, 0.25) is 4.77 Å². The highest BCUT2D eigenvalue weighted by molar-refractivity contribution is 7.71. The lowest BCUT2D eigenvalue weighted by molar-refractivity contribution is 0.299. The minimum absolute atomic E-state index is 0.112. The SMILES string of the molecule is C#CCOc1ccc(/C=N\n2c(=S)[nH]nc(C)c2=O)cc1OCC. The van der Waals surface area contributed by atoms with Gasteiger partial charge in [-0.3, -0.25) is 9.89 Å². The van der Waals surface area contributed by atoms with Crippen LogP contribution in [0.4, 0.5) is 0 Å². The van der Waals surface area contributed by atoms with Gasteiger partial charge in [-0.05, 0) is 49.8 Å². The van der Waals surface area contributed by atoms with Crippen molar-refractivity contribution in [1.82, 2.24) is 14.9 Å². The van der Waals surface area contributed by atoms with E-state index in [-0.39, 0.29) is 22.6 Å². The Morgan fingerprint density at radius 3 is 2.96 bits per heavy atom. The summed E-state index contributed by atoms with van der Waals surface area (Å²) in [5.74, 6) is 3.49. The zero-order valence-electron chi connectivity index (χ0n) is 13.3. The lowest BCUT2D eigenvalue weighted by atomic mass is 10.2. The third-order valence-corrected chi connectivity index (χ3v) is 3.18. The maximum Gasteiger partial charge on any atom is 0.296 e. The number of benzene rings is 1. The van der Waals surface area contributed by atoms with Crippen LogP contribution in [0.15, 0.2) is 28.1 Å². The first kappa shape index (κ1) is 17.4. The molecule has 0 saturated carbocycles. The van der Waals surface area contributed by atoms with Crippen LogP contribution < -0.4 is 15.0 Å². The molecule has 8 heteroatoms. The van der Waals surface area contributed by atoms with Crippen molar-refractivity contribution in [2.24, 2.45) is 5.10 Å². The Balaban J connectivity index is 2.35. The molecule has 1 N–H and O–H groups in total. The number of terminal acetylenes is 1. The molecule has 0 aliphatic carbocycles. The van der Waals surface area contributed by atoms with Crippen molar-refractivity contribution in [2.75, 3.05) is 13.2 Å². The average molecular weight is 344 g/mol. The van der Waals surface area contributed by atoms with Crippen LogP contribution in [-0.2, 0) is 0 Å². The van der Waals surface area contributed by atoms with Gasteiger partial charge in [-0.15, -0.1) is 6.42 Å². The van der Waals surface area contributed by atoms with Gasteiger partial charge in [-0.2, -0.15) is 14.9 Å². The molecule has 0 unspecified atom stereocenters. The molecule has 1 aromatic carbocycles. The predicted molar refractivity (Wildman–Crippen MR) is 93.3 cm³/mol. The smallest absolute Gasteiger partial charge is 0.296 e. The van der Waals surface area contributed by atoms with E-state index in [0.29, 0.717) is 23.7 Å². The fraction of sp³-hybridized carbons (Fsp3) is 0.250. The van der Waals surface area contributed by atoms with Crippen LogP contribution in [-0.4, -0.2) is 34.3 Å². The van der Waals surface area contributed by atoms with Crippen molar-refractivity contribution in [3.05, 3.63) is 44.6 Å². The largest absolute Gasteiger partial charge is 0.490 e. The molecule has 124 valence electrons. The summed E-state index contributed by atoms with van der Waals surface area (Å²) in [4.78, 5) is 12.0. The molecule has 2 rings (SSSR count). The first-order valence-corrected chi connectivity index (χ1v) is 7.53. The standard InChI is InChI=1S/C16H16N4O3S/c1-4-8-23-13-7-6-12(9-14(13)22-5-2)10-17-20-15(21)11(3)18-19-16(20)24/h1,6-7,9-10H,5,8H2,2-3H3,(H,19,24)/b17-10-. The number of ether oxygens (including phenoxy) is 2. The van der Waals surface area contributed by atoms with Crippen LogP contribution in [0.2, 0.25) is 0 Å². The van der Waals surface area contributed by atoms with Gasteiger partial charge >= 0.3 is 0 Å².